The Morgan fingerprint density at radius 2 is 2.28 bits per heavy atom. The largest absolute Gasteiger partial charge is 0.369 e. The Labute approximate surface area is 118 Å². The normalized spacial score (nSPS) is 19.6. The van der Waals surface area contributed by atoms with E-state index in [0.717, 1.165) is 8.66 Å². The van der Waals surface area contributed by atoms with Gasteiger partial charge in [0, 0.05) is 24.0 Å². The molecular formula is C12H13BrN2O2S. The number of thiophene rings is 1. The maximum Gasteiger partial charge on any atom is 0.246 e. The standard InChI is InChI=1S/C12H13BrN2O2S/c13-10-3-1-9(18-10)2-4-11(16)15-6-5-8(7-15)12(14)17/h1-4,8H,5-7H2,(H2,14,17)/b4-2+/t8-/m1/s1. The van der Waals surface area contributed by atoms with Crippen LogP contribution in [-0.2, 0) is 9.59 Å². The van der Waals surface area contributed by atoms with E-state index < -0.39 is 0 Å². The van der Waals surface area contributed by atoms with E-state index in [1.807, 2.05) is 12.1 Å². The van der Waals surface area contributed by atoms with Crippen molar-refractivity contribution in [3.05, 3.63) is 26.9 Å². The van der Waals surface area contributed by atoms with Crippen molar-refractivity contribution in [2.45, 2.75) is 6.42 Å². The number of hydrogen-bond acceptors (Lipinski definition) is 3. The van der Waals surface area contributed by atoms with Crippen LogP contribution in [0.1, 0.15) is 11.3 Å². The second-order valence-electron chi connectivity index (χ2n) is 4.15. The van der Waals surface area contributed by atoms with E-state index in [4.69, 9.17) is 5.73 Å². The topological polar surface area (TPSA) is 63.4 Å². The van der Waals surface area contributed by atoms with Gasteiger partial charge in [0.2, 0.25) is 11.8 Å². The van der Waals surface area contributed by atoms with Gasteiger partial charge in [-0.15, -0.1) is 11.3 Å². The molecule has 1 aliphatic rings. The third kappa shape index (κ3) is 3.20. The predicted octanol–water partition coefficient (Wildman–Crippen LogP) is 1.86. The van der Waals surface area contributed by atoms with E-state index in [1.165, 1.54) is 0 Å². The van der Waals surface area contributed by atoms with E-state index in [2.05, 4.69) is 15.9 Å². The summed E-state index contributed by atoms with van der Waals surface area (Å²) in [5, 5.41) is 0. The molecule has 96 valence electrons. The summed E-state index contributed by atoms with van der Waals surface area (Å²) >= 11 is 4.93. The highest BCUT2D eigenvalue weighted by Gasteiger charge is 2.28. The summed E-state index contributed by atoms with van der Waals surface area (Å²) in [6.45, 7) is 1.04. The van der Waals surface area contributed by atoms with Crippen LogP contribution in [0.4, 0.5) is 0 Å². The zero-order chi connectivity index (χ0) is 13.1. The molecule has 1 atom stereocenters. The molecule has 0 bridgehead atoms. The molecule has 0 saturated carbocycles. The third-order valence-corrected chi connectivity index (χ3v) is 4.48. The van der Waals surface area contributed by atoms with Crippen molar-refractivity contribution < 1.29 is 9.59 Å². The van der Waals surface area contributed by atoms with Crippen LogP contribution < -0.4 is 5.73 Å². The number of nitrogens with zero attached hydrogens (tertiary/aromatic N) is 1. The SMILES string of the molecule is NC(=O)[C@@H]1CCN(C(=O)/C=C/c2ccc(Br)s2)C1. The van der Waals surface area contributed by atoms with Crippen molar-refractivity contribution in [2.24, 2.45) is 11.7 Å². The lowest BCUT2D eigenvalue weighted by Gasteiger charge is -2.12. The third-order valence-electron chi connectivity index (χ3n) is 2.89. The van der Waals surface area contributed by atoms with E-state index in [-0.39, 0.29) is 17.7 Å². The van der Waals surface area contributed by atoms with Crippen LogP contribution in [0.2, 0.25) is 0 Å². The number of nitrogens with two attached hydrogens (primary N) is 1. The summed E-state index contributed by atoms with van der Waals surface area (Å²) in [7, 11) is 0. The average molecular weight is 329 g/mol. The molecule has 2 N–H and O–H groups in total. The molecule has 18 heavy (non-hydrogen) atoms. The fourth-order valence-electron chi connectivity index (χ4n) is 1.87. The molecule has 1 aliphatic heterocycles. The van der Waals surface area contributed by atoms with Gasteiger partial charge in [0.05, 0.1) is 9.70 Å². The summed E-state index contributed by atoms with van der Waals surface area (Å²) in [4.78, 5) is 25.6. The minimum absolute atomic E-state index is 0.0664. The van der Waals surface area contributed by atoms with Gasteiger partial charge >= 0.3 is 0 Å². The fraction of sp³-hybridized carbons (Fsp3) is 0.333. The summed E-state index contributed by atoms with van der Waals surface area (Å²) in [5.41, 5.74) is 5.23. The molecule has 2 rings (SSSR count). The molecule has 0 unspecified atom stereocenters. The van der Waals surface area contributed by atoms with Gasteiger partial charge in [-0.2, -0.15) is 0 Å². The van der Waals surface area contributed by atoms with Crippen LogP contribution >= 0.6 is 27.3 Å². The van der Waals surface area contributed by atoms with Gasteiger partial charge in [-0.05, 0) is 40.6 Å². The van der Waals surface area contributed by atoms with Gasteiger partial charge in [0.1, 0.15) is 0 Å². The lowest BCUT2D eigenvalue weighted by Crippen LogP contribution is -2.30. The molecule has 1 aromatic heterocycles. The first-order valence-corrected chi connectivity index (χ1v) is 7.19. The van der Waals surface area contributed by atoms with Crippen molar-refractivity contribution in [2.75, 3.05) is 13.1 Å². The monoisotopic (exact) mass is 328 g/mol. The number of hydrogen-bond donors (Lipinski definition) is 1. The maximum absolute atomic E-state index is 11.9. The number of carbonyl (C=O) groups excluding carboxylic acids is 2. The number of carbonyl (C=O) groups is 2. The molecule has 2 amide bonds. The van der Waals surface area contributed by atoms with E-state index in [9.17, 15) is 9.59 Å². The molecule has 1 saturated heterocycles. The minimum atomic E-state index is -0.323. The number of halogens is 1. The van der Waals surface area contributed by atoms with E-state index >= 15 is 0 Å². The first kappa shape index (κ1) is 13.3. The summed E-state index contributed by atoms with van der Waals surface area (Å²) in [5.74, 6) is -0.585. The first-order valence-electron chi connectivity index (χ1n) is 5.58. The van der Waals surface area contributed by atoms with Gasteiger partial charge in [0.15, 0.2) is 0 Å². The van der Waals surface area contributed by atoms with Gasteiger partial charge < -0.3 is 10.6 Å². The molecule has 0 aromatic carbocycles. The van der Waals surface area contributed by atoms with Crippen LogP contribution in [0, 0.1) is 5.92 Å². The van der Waals surface area contributed by atoms with Crippen molar-refractivity contribution >= 4 is 45.2 Å². The average Bonchev–Trinajstić information content (AvgIpc) is 2.94. The van der Waals surface area contributed by atoms with Gasteiger partial charge in [-0.1, -0.05) is 0 Å². The summed E-state index contributed by atoms with van der Waals surface area (Å²) in [6.07, 6.45) is 4.00. The maximum atomic E-state index is 11.9. The minimum Gasteiger partial charge on any atom is -0.369 e. The molecule has 2 heterocycles. The zero-order valence-electron chi connectivity index (χ0n) is 9.64. The van der Waals surface area contributed by atoms with E-state index in [1.54, 1.807) is 28.4 Å². The summed E-state index contributed by atoms with van der Waals surface area (Å²) < 4.78 is 1.03. The van der Waals surface area contributed by atoms with Crippen LogP contribution in [0.15, 0.2) is 22.0 Å². The number of primary amides is 1. The Balaban J connectivity index is 1.93. The Hall–Kier alpha value is -1.14. The van der Waals surface area contributed by atoms with Crippen molar-refractivity contribution in [3.63, 3.8) is 0 Å². The predicted molar refractivity (Wildman–Crippen MR) is 74.9 cm³/mol. The zero-order valence-corrected chi connectivity index (χ0v) is 12.0. The molecule has 0 radical (unpaired) electrons. The number of amides is 2. The highest BCUT2D eigenvalue weighted by molar-refractivity contribution is 9.11. The Bertz CT molecular complexity index is 498. The molecule has 1 fully saturated rings. The molecule has 4 nitrogen and oxygen atoms in total. The van der Waals surface area contributed by atoms with Crippen LogP contribution in [0.3, 0.4) is 0 Å². The van der Waals surface area contributed by atoms with Crippen molar-refractivity contribution in [3.8, 4) is 0 Å². The molecule has 1 aromatic rings. The molecule has 0 spiro atoms. The first-order chi connectivity index (χ1) is 8.56. The quantitative estimate of drug-likeness (QED) is 0.861. The lowest BCUT2D eigenvalue weighted by molar-refractivity contribution is -0.125. The molecule has 0 aliphatic carbocycles. The smallest absolute Gasteiger partial charge is 0.246 e. The van der Waals surface area contributed by atoms with Crippen LogP contribution in [0.5, 0.6) is 0 Å². The lowest BCUT2D eigenvalue weighted by atomic mass is 10.1. The van der Waals surface area contributed by atoms with Crippen LogP contribution in [0.25, 0.3) is 6.08 Å². The highest BCUT2D eigenvalue weighted by atomic mass is 79.9. The Morgan fingerprint density at radius 1 is 1.50 bits per heavy atom. The highest BCUT2D eigenvalue weighted by Crippen LogP contribution is 2.23. The molecule has 6 heteroatoms. The van der Waals surface area contributed by atoms with Crippen molar-refractivity contribution in [1.29, 1.82) is 0 Å². The Morgan fingerprint density at radius 3 is 2.83 bits per heavy atom. The van der Waals surface area contributed by atoms with Crippen LogP contribution in [-0.4, -0.2) is 29.8 Å². The van der Waals surface area contributed by atoms with E-state index in [0.29, 0.717) is 19.5 Å². The summed E-state index contributed by atoms with van der Waals surface area (Å²) in [6, 6.07) is 3.88. The fourth-order valence-corrected chi connectivity index (χ4v) is 3.20. The number of likely N-dealkylation sites (tertiary alicyclic amines) is 1. The van der Waals surface area contributed by atoms with Gasteiger partial charge in [-0.3, -0.25) is 9.59 Å². The Kier molecular flexibility index (Phi) is 4.19. The van der Waals surface area contributed by atoms with Crippen molar-refractivity contribution in [1.82, 2.24) is 4.90 Å². The second-order valence-corrected chi connectivity index (χ2v) is 6.64. The molecular weight excluding hydrogens is 316 g/mol. The second kappa shape index (κ2) is 5.67. The number of rotatable bonds is 3. The van der Waals surface area contributed by atoms with Gasteiger partial charge in [0.25, 0.3) is 0 Å². The van der Waals surface area contributed by atoms with Gasteiger partial charge in [-0.25, -0.2) is 0 Å².